The lowest BCUT2D eigenvalue weighted by atomic mass is 10.1. The van der Waals surface area contributed by atoms with Crippen LogP contribution in [-0.2, 0) is 17.8 Å². The molecule has 2 N–H and O–H groups in total. The molecule has 1 atom stereocenters. The topological polar surface area (TPSA) is 84.2 Å². The lowest BCUT2D eigenvalue weighted by Crippen LogP contribution is -2.33. The highest BCUT2D eigenvalue weighted by molar-refractivity contribution is 5.95. The third-order valence-corrected chi connectivity index (χ3v) is 3.87. The summed E-state index contributed by atoms with van der Waals surface area (Å²) in [5, 5.41) is 15.9. The second-order valence-corrected chi connectivity index (χ2v) is 5.81. The van der Waals surface area contributed by atoms with E-state index in [4.69, 9.17) is 5.11 Å². The van der Waals surface area contributed by atoms with Crippen LogP contribution in [0, 0.1) is 0 Å². The largest absolute Gasteiger partial charge is 0.481 e. The van der Waals surface area contributed by atoms with Crippen molar-refractivity contribution in [1.29, 1.82) is 0 Å². The molecular weight excluding hydrogens is 306 g/mol. The van der Waals surface area contributed by atoms with Gasteiger partial charge in [0.05, 0.1) is 24.0 Å². The van der Waals surface area contributed by atoms with E-state index in [2.05, 4.69) is 10.4 Å². The van der Waals surface area contributed by atoms with E-state index in [1.807, 2.05) is 41.9 Å². The Morgan fingerprint density at radius 2 is 2.00 bits per heavy atom. The number of benzene rings is 1. The van der Waals surface area contributed by atoms with Crippen molar-refractivity contribution in [1.82, 2.24) is 15.1 Å². The van der Waals surface area contributed by atoms with E-state index in [1.54, 1.807) is 13.1 Å². The summed E-state index contributed by atoms with van der Waals surface area (Å²) >= 11 is 0. The third kappa shape index (κ3) is 4.68. The van der Waals surface area contributed by atoms with Crippen LogP contribution in [0.15, 0.2) is 36.5 Å². The molecule has 0 aliphatic heterocycles. The molecule has 1 heterocycles. The number of rotatable bonds is 8. The van der Waals surface area contributed by atoms with Gasteiger partial charge in [-0.25, -0.2) is 0 Å². The Bertz CT molecular complexity index is 695. The van der Waals surface area contributed by atoms with Gasteiger partial charge in [0.1, 0.15) is 0 Å². The minimum atomic E-state index is -0.860. The normalized spacial score (nSPS) is 11.9. The van der Waals surface area contributed by atoms with Crippen LogP contribution in [0.2, 0.25) is 0 Å². The van der Waals surface area contributed by atoms with Crippen LogP contribution in [0.3, 0.4) is 0 Å². The number of hydrogen-bond donors (Lipinski definition) is 2. The Morgan fingerprint density at radius 3 is 2.62 bits per heavy atom. The highest BCUT2D eigenvalue weighted by Gasteiger charge is 2.18. The molecule has 1 amide bonds. The minimum Gasteiger partial charge on any atom is -0.481 e. The van der Waals surface area contributed by atoms with Gasteiger partial charge in [-0.2, -0.15) is 5.10 Å². The number of hydrogen-bond acceptors (Lipinski definition) is 3. The first-order valence-electron chi connectivity index (χ1n) is 8.12. The number of aromatic nitrogens is 2. The zero-order chi connectivity index (χ0) is 17.5. The SMILES string of the molecule is CCc1c(C(=O)NC(C)CCC(=O)O)cnn1Cc1ccccc1. The molecular formula is C18H23N3O3. The first-order chi connectivity index (χ1) is 11.5. The van der Waals surface area contributed by atoms with Gasteiger partial charge in [-0.3, -0.25) is 14.3 Å². The second kappa shape index (κ2) is 8.29. The predicted molar refractivity (Wildman–Crippen MR) is 90.9 cm³/mol. The smallest absolute Gasteiger partial charge is 0.303 e. The average molecular weight is 329 g/mol. The van der Waals surface area contributed by atoms with Crippen LogP contribution in [0.1, 0.15) is 48.3 Å². The number of carboxylic acids is 1. The number of carboxylic acid groups (broad SMARTS) is 1. The summed E-state index contributed by atoms with van der Waals surface area (Å²) in [6.07, 6.45) is 2.72. The summed E-state index contributed by atoms with van der Waals surface area (Å²) in [6, 6.07) is 9.76. The maximum atomic E-state index is 12.4. The molecule has 0 fully saturated rings. The van der Waals surface area contributed by atoms with Gasteiger partial charge in [-0.1, -0.05) is 37.3 Å². The fourth-order valence-corrected chi connectivity index (χ4v) is 2.58. The summed E-state index contributed by atoms with van der Waals surface area (Å²) in [7, 11) is 0. The Labute approximate surface area is 141 Å². The Hall–Kier alpha value is -2.63. The Morgan fingerprint density at radius 1 is 1.29 bits per heavy atom. The molecule has 1 unspecified atom stereocenters. The number of amides is 1. The van der Waals surface area contributed by atoms with Crippen LogP contribution in [0.25, 0.3) is 0 Å². The predicted octanol–water partition coefficient (Wildman–Crippen LogP) is 2.48. The van der Waals surface area contributed by atoms with Crippen LogP contribution in [0.5, 0.6) is 0 Å². The quantitative estimate of drug-likeness (QED) is 0.779. The Kier molecular flexibility index (Phi) is 6.12. The van der Waals surface area contributed by atoms with Crippen LogP contribution < -0.4 is 5.32 Å². The zero-order valence-corrected chi connectivity index (χ0v) is 14.0. The fourth-order valence-electron chi connectivity index (χ4n) is 2.58. The molecule has 0 bridgehead atoms. The molecule has 128 valence electrons. The van der Waals surface area contributed by atoms with Gasteiger partial charge in [0, 0.05) is 12.5 Å². The van der Waals surface area contributed by atoms with E-state index in [0.29, 0.717) is 24.9 Å². The highest BCUT2D eigenvalue weighted by atomic mass is 16.4. The zero-order valence-electron chi connectivity index (χ0n) is 14.0. The maximum absolute atomic E-state index is 12.4. The molecule has 24 heavy (non-hydrogen) atoms. The minimum absolute atomic E-state index is 0.0371. The van der Waals surface area contributed by atoms with E-state index in [9.17, 15) is 9.59 Å². The summed E-state index contributed by atoms with van der Waals surface area (Å²) in [5.41, 5.74) is 2.55. The molecule has 0 saturated carbocycles. The van der Waals surface area contributed by atoms with E-state index in [-0.39, 0.29) is 18.4 Å². The van der Waals surface area contributed by atoms with Gasteiger partial charge in [0.2, 0.25) is 0 Å². The molecule has 0 saturated heterocycles. The fraction of sp³-hybridized carbons (Fsp3) is 0.389. The maximum Gasteiger partial charge on any atom is 0.303 e. The van der Waals surface area contributed by atoms with Crippen molar-refractivity contribution in [3.8, 4) is 0 Å². The molecule has 6 nitrogen and oxygen atoms in total. The molecule has 6 heteroatoms. The van der Waals surface area contributed by atoms with Gasteiger partial charge < -0.3 is 10.4 Å². The van der Waals surface area contributed by atoms with Crippen molar-refractivity contribution in [2.75, 3.05) is 0 Å². The van der Waals surface area contributed by atoms with Crippen molar-refractivity contribution in [2.24, 2.45) is 0 Å². The lowest BCUT2D eigenvalue weighted by molar-refractivity contribution is -0.137. The monoisotopic (exact) mass is 329 g/mol. The van der Waals surface area contributed by atoms with Gasteiger partial charge in [0.25, 0.3) is 5.91 Å². The standard InChI is InChI=1S/C18H23N3O3/c1-3-16-15(18(24)20-13(2)9-10-17(22)23)11-19-21(16)12-14-7-5-4-6-8-14/h4-8,11,13H,3,9-10,12H2,1-2H3,(H,20,24)(H,22,23). The molecule has 2 aromatic rings. The molecule has 0 aliphatic carbocycles. The highest BCUT2D eigenvalue weighted by Crippen LogP contribution is 2.13. The number of aliphatic carboxylic acids is 1. The first-order valence-corrected chi connectivity index (χ1v) is 8.12. The van der Waals surface area contributed by atoms with Crippen molar-refractivity contribution in [3.63, 3.8) is 0 Å². The molecule has 0 radical (unpaired) electrons. The van der Waals surface area contributed by atoms with E-state index in [0.717, 1.165) is 11.3 Å². The third-order valence-electron chi connectivity index (χ3n) is 3.87. The molecule has 1 aromatic carbocycles. The molecule has 0 aliphatic rings. The van der Waals surface area contributed by atoms with Crippen molar-refractivity contribution < 1.29 is 14.7 Å². The van der Waals surface area contributed by atoms with Gasteiger partial charge in [-0.15, -0.1) is 0 Å². The van der Waals surface area contributed by atoms with Gasteiger partial charge >= 0.3 is 5.97 Å². The van der Waals surface area contributed by atoms with Crippen LogP contribution in [-0.4, -0.2) is 32.8 Å². The van der Waals surface area contributed by atoms with Crippen molar-refractivity contribution in [3.05, 3.63) is 53.3 Å². The number of nitrogens with one attached hydrogen (secondary N) is 1. The molecule has 0 spiro atoms. The van der Waals surface area contributed by atoms with Crippen LogP contribution in [0.4, 0.5) is 0 Å². The lowest BCUT2D eigenvalue weighted by Gasteiger charge is -2.13. The first kappa shape index (κ1) is 17.7. The van der Waals surface area contributed by atoms with E-state index >= 15 is 0 Å². The van der Waals surface area contributed by atoms with Crippen LogP contribution >= 0.6 is 0 Å². The number of nitrogens with zero attached hydrogens (tertiary/aromatic N) is 2. The van der Waals surface area contributed by atoms with E-state index in [1.165, 1.54) is 0 Å². The summed E-state index contributed by atoms with van der Waals surface area (Å²) in [4.78, 5) is 23.0. The number of carbonyl (C=O) groups excluding carboxylic acids is 1. The summed E-state index contributed by atoms with van der Waals surface area (Å²) in [5.74, 6) is -1.06. The Balaban J connectivity index is 2.07. The number of carbonyl (C=O) groups is 2. The second-order valence-electron chi connectivity index (χ2n) is 5.81. The van der Waals surface area contributed by atoms with E-state index < -0.39 is 5.97 Å². The summed E-state index contributed by atoms with van der Waals surface area (Å²) in [6.45, 7) is 4.41. The molecule has 1 aromatic heterocycles. The summed E-state index contributed by atoms with van der Waals surface area (Å²) < 4.78 is 1.84. The van der Waals surface area contributed by atoms with Crippen molar-refractivity contribution >= 4 is 11.9 Å². The van der Waals surface area contributed by atoms with Crippen molar-refractivity contribution in [2.45, 2.75) is 45.7 Å². The van der Waals surface area contributed by atoms with Gasteiger partial charge in [0.15, 0.2) is 0 Å². The molecule has 2 rings (SSSR count). The average Bonchev–Trinajstić information content (AvgIpc) is 2.96. The van der Waals surface area contributed by atoms with Gasteiger partial charge in [-0.05, 0) is 25.3 Å².